The largest absolute Gasteiger partial charge is 0.481 e. The number of anilines is 1. The average Bonchev–Trinajstić information content (AvgIpc) is 3.36. The molecule has 2 aliphatic heterocycles. The van der Waals surface area contributed by atoms with Gasteiger partial charge < -0.3 is 19.4 Å². The zero-order valence-corrected chi connectivity index (χ0v) is 17.4. The number of carbonyl (C=O) groups is 2. The van der Waals surface area contributed by atoms with Crippen molar-refractivity contribution < 1.29 is 19.2 Å². The van der Waals surface area contributed by atoms with Crippen molar-refractivity contribution in [2.24, 2.45) is 11.3 Å². The summed E-state index contributed by atoms with van der Waals surface area (Å²) in [6.45, 7) is 6.37. The van der Waals surface area contributed by atoms with Crippen molar-refractivity contribution >= 4 is 17.8 Å². The number of likely N-dealkylation sites (tertiary alicyclic amines) is 1. The van der Waals surface area contributed by atoms with Gasteiger partial charge in [-0.05, 0) is 32.8 Å². The van der Waals surface area contributed by atoms with E-state index in [2.05, 4.69) is 20.0 Å². The molecule has 9 heteroatoms. The third kappa shape index (κ3) is 3.88. The van der Waals surface area contributed by atoms with Crippen LogP contribution in [0.4, 0.5) is 5.95 Å². The fraction of sp³-hybridized carbons (Fsp3) is 0.571. The van der Waals surface area contributed by atoms with Crippen molar-refractivity contribution in [2.75, 3.05) is 31.1 Å². The summed E-state index contributed by atoms with van der Waals surface area (Å²) in [5.41, 5.74) is 1.58. The second kappa shape index (κ2) is 8.04. The van der Waals surface area contributed by atoms with Gasteiger partial charge in [0.2, 0.25) is 11.9 Å². The molecule has 9 nitrogen and oxygen atoms in total. The minimum atomic E-state index is -0.805. The lowest BCUT2D eigenvalue weighted by Gasteiger charge is -2.29. The molecule has 1 amide bonds. The van der Waals surface area contributed by atoms with Crippen LogP contribution in [0.25, 0.3) is 0 Å². The van der Waals surface area contributed by atoms with Gasteiger partial charge in [0.25, 0.3) is 0 Å². The maximum Gasteiger partial charge on any atom is 0.303 e. The van der Waals surface area contributed by atoms with Crippen molar-refractivity contribution in [3.05, 3.63) is 35.5 Å². The molecule has 0 radical (unpaired) electrons. The lowest BCUT2D eigenvalue weighted by molar-refractivity contribution is -0.137. The molecule has 2 atom stereocenters. The molecular formula is C21H27N5O4. The number of amides is 1. The molecule has 160 valence electrons. The van der Waals surface area contributed by atoms with Crippen LogP contribution in [0.3, 0.4) is 0 Å². The summed E-state index contributed by atoms with van der Waals surface area (Å²) in [5.74, 6) is 0.930. The molecule has 0 aromatic carbocycles. The van der Waals surface area contributed by atoms with Crippen LogP contribution < -0.4 is 4.90 Å². The minimum absolute atomic E-state index is 0.0983. The van der Waals surface area contributed by atoms with Gasteiger partial charge in [0.15, 0.2) is 0 Å². The number of hydrogen-bond acceptors (Lipinski definition) is 7. The molecule has 0 aliphatic carbocycles. The second-order valence-electron chi connectivity index (χ2n) is 8.46. The zero-order valence-electron chi connectivity index (χ0n) is 17.4. The Balaban J connectivity index is 1.45. The Hall–Kier alpha value is -2.97. The Morgan fingerprint density at radius 2 is 1.97 bits per heavy atom. The second-order valence-corrected chi connectivity index (χ2v) is 8.46. The van der Waals surface area contributed by atoms with E-state index in [1.54, 1.807) is 18.5 Å². The number of aryl methyl sites for hydroxylation is 2. The zero-order chi connectivity index (χ0) is 21.3. The van der Waals surface area contributed by atoms with E-state index in [9.17, 15) is 14.7 Å². The van der Waals surface area contributed by atoms with Crippen molar-refractivity contribution in [3.63, 3.8) is 0 Å². The van der Waals surface area contributed by atoms with Crippen molar-refractivity contribution in [2.45, 2.75) is 39.5 Å². The topological polar surface area (TPSA) is 113 Å². The summed E-state index contributed by atoms with van der Waals surface area (Å²) in [6.07, 6.45) is 5.07. The van der Waals surface area contributed by atoms with E-state index in [4.69, 9.17) is 4.52 Å². The number of carbonyl (C=O) groups excluding carboxylic acids is 1. The van der Waals surface area contributed by atoms with Crippen LogP contribution >= 0.6 is 0 Å². The predicted octanol–water partition coefficient (Wildman–Crippen LogP) is 1.84. The number of fused-ring (bicyclic) bond motifs is 1. The van der Waals surface area contributed by atoms with E-state index in [-0.39, 0.29) is 23.7 Å². The quantitative estimate of drug-likeness (QED) is 0.732. The fourth-order valence-electron chi connectivity index (χ4n) is 4.94. The Labute approximate surface area is 175 Å². The first-order valence-corrected chi connectivity index (χ1v) is 10.3. The number of aliphatic carboxylic acids is 1. The fourth-order valence-corrected chi connectivity index (χ4v) is 4.94. The number of carboxylic acid groups (broad SMARTS) is 1. The number of hydrogen-bond donors (Lipinski definition) is 1. The molecule has 30 heavy (non-hydrogen) atoms. The van der Waals surface area contributed by atoms with Gasteiger partial charge in [-0.1, -0.05) is 5.16 Å². The van der Waals surface area contributed by atoms with Gasteiger partial charge in [-0.3, -0.25) is 9.59 Å². The number of nitrogens with zero attached hydrogens (tertiary/aromatic N) is 5. The van der Waals surface area contributed by atoms with Crippen LogP contribution in [0.1, 0.15) is 36.3 Å². The standard InChI is InChI=1S/C21H27N5O4/c1-14-17(15(2)30-24-14)4-5-18(27)25-10-16-11-26(20-22-8-3-9-23-20)13-21(16,12-25)7-6-19(28)29/h3,8-9,16H,4-7,10-13H2,1-2H3,(H,28,29)/t16-,21+/m1/s1. The normalized spacial score (nSPS) is 23.1. The van der Waals surface area contributed by atoms with Crippen LogP contribution in [0, 0.1) is 25.2 Å². The van der Waals surface area contributed by atoms with Crippen LogP contribution in [-0.4, -0.2) is 63.2 Å². The Morgan fingerprint density at radius 3 is 2.63 bits per heavy atom. The first-order chi connectivity index (χ1) is 14.4. The first kappa shape index (κ1) is 20.3. The highest BCUT2D eigenvalue weighted by molar-refractivity contribution is 5.77. The Morgan fingerprint density at radius 1 is 1.20 bits per heavy atom. The molecule has 2 aromatic rings. The van der Waals surface area contributed by atoms with E-state index >= 15 is 0 Å². The van der Waals surface area contributed by atoms with Gasteiger partial charge in [-0.2, -0.15) is 0 Å². The molecule has 4 heterocycles. The summed E-state index contributed by atoms with van der Waals surface area (Å²) in [4.78, 5) is 36.9. The van der Waals surface area contributed by atoms with Gasteiger partial charge in [-0.25, -0.2) is 9.97 Å². The van der Waals surface area contributed by atoms with E-state index in [0.717, 1.165) is 23.6 Å². The summed E-state index contributed by atoms with van der Waals surface area (Å²) in [6, 6.07) is 1.78. The molecule has 2 saturated heterocycles. The highest BCUT2D eigenvalue weighted by Crippen LogP contribution is 2.46. The Bertz CT molecular complexity index is 911. The molecule has 4 rings (SSSR count). The molecule has 1 N–H and O–H groups in total. The van der Waals surface area contributed by atoms with E-state index in [1.807, 2.05) is 18.7 Å². The van der Waals surface area contributed by atoms with Crippen LogP contribution in [0.15, 0.2) is 23.0 Å². The van der Waals surface area contributed by atoms with E-state index in [1.165, 1.54) is 0 Å². The summed E-state index contributed by atoms with van der Waals surface area (Å²) in [5, 5.41) is 13.2. The molecule has 0 spiro atoms. The summed E-state index contributed by atoms with van der Waals surface area (Å²) in [7, 11) is 0. The number of rotatable bonds is 7. The highest BCUT2D eigenvalue weighted by Gasteiger charge is 2.53. The lowest BCUT2D eigenvalue weighted by Crippen LogP contribution is -2.37. The maximum absolute atomic E-state index is 12.9. The van der Waals surface area contributed by atoms with Gasteiger partial charge in [0.1, 0.15) is 5.76 Å². The third-order valence-corrected chi connectivity index (χ3v) is 6.55. The predicted molar refractivity (Wildman–Crippen MR) is 108 cm³/mol. The van der Waals surface area contributed by atoms with Gasteiger partial charge in [-0.15, -0.1) is 0 Å². The molecule has 0 saturated carbocycles. The van der Waals surface area contributed by atoms with Gasteiger partial charge in [0, 0.05) is 68.3 Å². The third-order valence-electron chi connectivity index (χ3n) is 6.55. The first-order valence-electron chi connectivity index (χ1n) is 10.3. The van der Waals surface area contributed by atoms with Crippen LogP contribution in [0.5, 0.6) is 0 Å². The number of carboxylic acids is 1. The minimum Gasteiger partial charge on any atom is -0.481 e. The monoisotopic (exact) mass is 413 g/mol. The van der Waals surface area contributed by atoms with Crippen molar-refractivity contribution in [1.29, 1.82) is 0 Å². The highest BCUT2D eigenvalue weighted by atomic mass is 16.5. The summed E-state index contributed by atoms with van der Waals surface area (Å²) >= 11 is 0. The van der Waals surface area contributed by atoms with Crippen LogP contribution in [-0.2, 0) is 16.0 Å². The molecule has 2 aromatic heterocycles. The smallest absolute Gasteiger partial charge is 0.303 e. The molecule has 0 unspecified atom stereocenters. The summed E-state index contributed by atoms with van der Waals surface area (Å²) < 4.78 is 5.19. The maximum atomic E-state index is 12.9. The van der Waals surface area contributed by atoms with Gasteiger partial charge in [0.05, 0.1) is 5.69 Å². The molecule has 2 aliphatic rings. The Kier molecular flexibility index (Phi) is 5.44. The average molecular weight is 413 g/mol. The van der Waals surface area contributed by atoms with Crippen molar-refractivity contribution in [3.8, 4) is 0 Å². The van der Waals surface area contributed by atoms with E-state index < -0.39 is 5.97 Å². The SMILES string of the molecule is Cc1noc(C)c1CCC(=O)N1C[C@@H]2CN(c3ncccn3)C[C@]2(CCC(=O)O)C1. The van der Waals surface area contributed by atoms with E-state index in [0.29, 0.717) is 44.8 Å². The molecule has 0 bridgehead atoms. The van der Waals surface area contributed by atoms with Gasteiger partial charge >= 0.3 is 5.97 Å². The van der Waals surface area contributed by atoms with Crippen LogP contribution in [0.2, 0.25) is 0 Å². The lowest BCUT2D eigenvalue weighted by atomic mass is 9.77. The molecule has 2 fully saturated rings. The molecular weight excluding hydrogens is 386 g/mol. The van der Waals surface area contributed by atoms with Crippen molar-refractivity contribution in [1.82, 2.24) is 20.0 Å². The number of aromatic nitrogens is 3.